The quantitative estimate of drug-likeness (QED) is 0.147. The lowest BCUT2D eigenvalue weighted by molar-refractivity contribution is 0.660. The molecule has 77 heavy (non-hydrogen) atoms. The molecule has 3 aliphatic carbocycles. The maximum atomic E-state index is 2.53. The minimum absolute atomic E-state index is 0.103. The third kappa shape index (κ3) is 6.94. The first kappa shape index (κ1) is 44.9. The summed E-state index contributed by atoms with van der Waals surface area (Å²) in [6.07, 6.45) is 0. The fourth-order valence-electron chi connectivity index (χ4n) is 13.5. The Balaban J connectivity index is 0.943. The summed E-state index contributed by atoms with van der Waals surface area (Å²) in [6.45, 7) is 4.73. The van der Waals surface area contributed by atoms with E-state index in [9.17, 15) is 0 Å². The standard InChI is InChI=1S/C76H53N/c1-75(2)68-33-16-12-30-62(68)65-40-37-54(47-71(65)75)53-27-20-28-59(46-53)77(74-36-19-15-29-61(74)52-25-10-5-11-26-52)60-39-42-67-64-32-14-18-35-70(64)76(73(67)49-60)69-34-17-13-31-63(69)66-41-38-55(48-72(66)76)58-44-56(50-21-6-3-7-22-50)43-57(45-58)51-23-8-4-9-24-51/h3-49H,1-2H3. The van der Waals surface area contributed by atoms with E-state index in [4.69, 9.17) is 0 Å². The topological polar surface area (TPSA) is 3.24 Å². The molecule has 3 aliphatic rings. The zero-order chi connectivity index (χ0) is 51.2. The second kappa shape index (κ2) is 17.5. The smallest absolute Gasteiger partial charge is 0.0726 e. The molecule has 0 bridgehead atoms. The highest BCUT2D eigenvalue weighted by Crippen LogP contribution is 2.64. The summed E-state index contributed by atoms with van der Waals surface area (Å²) in [4.78, 5) is 2.51. The first-order chi connectivity index (χ1) is 37.9. The van der Waals surface area contributed by atoms with E-state index in [1.165, 1.54) is 122 Å². The van der Waals surface area contributed by atoms with Crippen LogP contribution in [-0.2, 0) is 10.8 Å². The van der Waals surface area contributed by atoms with Gasteiger partial charge in [0.2, 0.25) is 0 Å². The second-order valence-electron chi connectivity index (χ2n) is 21.6. The Hall–Kier alpha value is -9.56. The molecule has 15 rings (SSSR count). The number of para-hydroxylation sites is 1. The molecule has 1 unspecified atom stereocenters. The normalized spacial score (nSPS) is 14.8. The van der Waals surface area contributed by atoms with Crippen LogP contribution in [0.25, 0.3) is 89.0 Å². The Kier molecular flexibility index (Phi) is 10.2. The highest BCUT2D eigenvalue weighted by Gasteiger charge is 2.52. The van der Waals surface area contributed by atoms with Crippen molar-refractivity contribution < 1.29 is 0 Å². The van der Waals surface area contributed by atoms with Gasteiger partial charge in [0.25, 0.3) is 0 Å². The minimum atomic E-state index is -0.593. The van der Waals surface area contributed by atoms with Gasteiger partial charge < -0.3 is 4.90 Å². The molecule has 0 amide bonds. The summed E-state index contributed by atoms with van der Waals surface area (Å²) < 4.78 is 0. The minimum Gasteiger partial charge on any atom is -0.310 e. The van der Waals surface area contributed by atoms with Crippen molar-refractivity contribution in [1.29, 1.82) is 0 Å². The van der Waals surface area contributed by atoms with Crippen molar-refractivity contribution in [3.8, 4) is 89.0 Å². The molecule has 1 atom stereocenters. The van der Waals surface area contributed by atoms with E-state index >= 15 is 0 Å². The van der Waals surface area contributed by atoms with Gasteiger partial charge in [-0.2, -0.15) is 0 Å². The zero-order valence-corrected chi connectivity index (χ0v) is 43.1. The summed E-state index contributed by atoms with van der Waals surface area (Å²) in [6, 6.07) is 107. The van der Waals surface area contributed by atoms with Crippen molar-refractivity contribution in [1.82, 2.24) is 0 Å². The van der Waals surface area contributed by atoms with Crippen LogP contribution in [0.4, 0.5) is 17.1 Å². The van der Waals surface area contributed by atoms with E-state index in [1.807, 2.05) is 0 Å². The molecule has 362 valence electrons. The van der Waals surface area contributed by atoms with Crippen LogP contribution in [0, 0.1) is 0 Å². The predicted octanol–water partition coefficient (Wildman–Crippen LogP) is 20.1. The van der Waals surface area contributed by atoms with Crippen LogP contribution in [0.1, 0.15) is 47.2 Å². The fraction of sp³-hybridized carbons (Fsp3) is 0.0526. The monoisotopic (exact) mass is 979 g/mol. The Bertz CT molecular complexity index is 4230. The molecular weight excluding hydrogens is 927 g/mol. The van der Waals surface area contributed by atoms with E-state index in [0.29, 0.717) is 0 Å². The van der Waals surface area contributed by atoms with Crippen LogP contribution in [0.5, 0.6) is 0 Å². The molecule has 1 spiro atoms. The zero-order valence-electron chi connectivity index (χ0n) is 43.1. The van der Waals surface area contributed by atoms with Crippen molar-refractivity contribution >= 4 is 17.1 Å². The molecule has 0 saturated heterocycles. The molecule has 0 saturated carbocycles. The summed E-state index contributed by atoms with van der Waals surface area (Å²) in [5.74, 6) is 0. The van der Waals surface area contributed by atoms with E-state index in [0.717, 1.165) is 17.1 Å². The molecule has 12 aromatic carbocycles. The van der Waals surface area contributed by atoms with E-state index in [1.54, 1.807) is 0 Å². The lowest BCUT2D eigenvalue weighted by Gasteiger charge is -2.33. The van der Waals surface area contributed by atoms with Gasteiger partial charge in [0.15, 0.2) is 0 Å². The number of anilines is 3. The van der Waals surface area contributed by atoms with Gasteiger partial charge in [-0.3, -0.25) is 0 Å². The molecule has 0 radical (unpaired) electrons. The molecule has 1 heteroatoms. The molecule has 0 fully saturated rings. The van der Waals surface area contributed by atoms with E-state index < -0.39 is 5.41 Å². The van der Waals surface area contributed by atoms with Crippen LogP contribution in [0.2, 0.25) is 0 Å². The van der Waals surface area contributed by atoms with Gasteiger partial charge in [0, 0.05) is 22.4 Å². The van der Waals surface area contributed by atoms with Crippen LogP contribution in [0.3, 0.4) is 0 Å². The SMILES string of the molecule is CC1(C)c2ccccc2-c2ccc(-c3cccc(N(c4ccc5c(c4)C4(c6ccccc6-c6ccc(-c7cc(-c8ccccc8)cc(-c8ccccc8)c7)cc64)c4ccccc4-5)c4ccccc4-c4ccccc4)c3)cc21. The Labute approximate surface area is 451 Å². The van der Waals surface area contributed by atoms with Gasteiger partial charge in [0.05, 0.1) is 11.1 Å². The average molecular weight is 980 g/mol. The summed E-state index contributed by atoms with van der Waals surface area (Å²) in [7, 11) is 0. The van der Waals surface area contributed by atoms with Crippen molar-refractivity contribution in [2.45, 2.75) is 24.7 Å². The van der Waals surface area contributed by atoms with E-state index in [-0.39, 0.29) is 5.41 Å². The second-order valence-corrected chi connectivity index (χ2v) is 21.6. The largest absolute Gasteiger partial charge is 0.310 e. The Morgan fingerprint density at radius 1 is 0.221 bits per heavy atom. The number of fused-ring (bicyclic) bond motifs is 13. The van der Waals surface area contributed by atoms with E-state index in [2.05, 4.69) is 304 Å². The third-order valence-corrected chi connectivity index (χ3v) is 17.1. The van der Waals surface area contributed by atoms with Crippen LogP contribution >= 0.6 is 0 Å². The van der Waals surface area contributed by atoms with Crippen LogP contribution in [0.15, 0.2) is 285 Å². The first-order valence-corrected chi connectivity index (χ1v) is 27.0. The van der Waals surface area contributed by atoms with Gasteiger partial charge in [-0.05, 0) is 177 Å². The van der Waals surface area contributed by atoms with Crippen molar-refractivity contribution in [3.05, 3.63) is 318 Å². The molecule has 0 heterocycles. The van der Waals surface area contributed by atoms with Crippen molar-refractivity contribution in [3.63, 3.8) is 0 Å². The van der Waals surface area contributed by atoms with Crippen molar-refractivity contribution in [2.75, 3.05) is 4.90 Å². The number of rotatable bonds is 8. The van der Waals surface area contributed by atoms with Gasteiger partial charge in [-0.15, -0.1) is 0 Å². The summed E-state index contributed by atoms with van der Waals surface area (Å²) in [5, 5.41) is 0. The number of hydrogen-bond donors (Lipinski definition) is 0. The first-order valence-electron chi connectivity index (χ1n) is 27.0. The van der Waals surface area contributed by atoms with Gasteiger partial charge >= 0.3 is 0 Å². The van der Waals surface area contributed by atoms with Crippen LogP contribution < -0.4 is 4.90 Å². The maximum absolute atomic E-state index is 2.53. The number of nitrogens with zero attached hydrogens (tertiary/aromatic N) is 1. The fourth-order valence-corrected chi connectivity index (χ4v) is 13.5. The highest BCUT2D eigenvalue weighted by molar-refractivity contribution is 5.99. The van der Waals surface area contributed by atoms with Crippen LogP contribution in [-0.4, -0.2) is 0 Å². The van der Waals surface area contributed by atoms with Crippen molar-refractivity contribution in [2.24, 2.45) is 0 Å². The predicted molar refractivity (Wildman–Crippen MR) is 322 cm³/mol. The lowest BCUT2D eigenvalue weighted by Crippen LogP contribution is -2.26. The van der Waals surface area contributed by atoms with Gasteiger partial charge in [-0.25, -0.2) is 0 Å². The Morgan fingerprint density at radius 3 is 1.22 bits per heavy atom. The molecule has 12 aromatic rings. The highest BCUT2D eigenvalue weighted by atomic mass is 15.1. The maximum Gasteiger partial charge on any atom is 0.0726 e. The Morgan fingerprint density at radius 2 is 0.610 bits per heavy atom. The number of hydrogen-bond acceptors (Lipinski definition) is 1. The number of benzene rings is 12. The van der Waals surface area contributed by atoms with Gasteiger partial charge in [0.1, 0.15) is 0 Å². The molecule has 0 aliphatic heterocycles. The molecule has 0 aromatic heterocycles. The molecule has 0 N–H and O–H groups in total. The summed E-state index contributed by atoms with van der Waals surface area (Å²) >= 11 is 0. The van der Waals surface area contributed by atoms with Gasteiger partial charge in [-0.1, -0.05) is 238 Å². The molecule has 1 nitrogen and oxygen atoms in total. The third-order valence-electron chi connectivity index (χ3n) is 17.1. The average Bonchev–Trinajstić information content (AvgIpc) is 4.22. The lowest BCUT2D eigenvalue weighted by atomic mass is 9.70. The molecular formula is C76H53N. The summed E-state index contributed by atoms with van der Waals surface area (Å²) in [5.41, 5.74) is 30.3.